The molecule has 0 bridgehead atoms. The molecule has 2 aromatic carbocycles. The summed E-state index contributed by atoms with van der Waals surface area (Å²) in [5, 5.41) is 12.3. The molecule has 0 aliphatic heterocycles. The van der Waals surface area contributed by atoms with E-state index in [0.29, 0.717) is 18.8 Å². The third-order valence-corrected chi connectivity index (χ3v) is 3.65. The smallest absolute Gasteiger partial charge is 0.321 e. The highest BCUT2D eigenvalue weighted by atomic mass is 16.2. The van der Waals surface area contributed by atoms with Gasteiger partial charge in [0.2, 0.25) is 11.9 Å². The number of hydrogen-bond donors (Lipinski definition) is 3. The van der Waals surface area contributed by atoms with Crippen molar-refractivity contribution in [1.82, 2.24) is 20.1 Å². The Morgan fingerprint density at radius 1 is 1.00 bits per heavy atom. The van der Waals surface area contributed by atoms with Crippen molar-refractivity contribution in [3.05, 3.63) is 72.1 Å². The molecule has 8 heteroatoms. The Balaban J connectivity index is 1.50. The maximum Gasteiger partial charge on any atom is 0.321 e. The van der Waals surface area contributed by atoms with Crippen LogP contribution in [0.5, 0.6) is 0 Å². The molecule has 138 valence electrons. The van der Waals surface area contributed by atoms with Gasteiger partial charge in [0.05, 0.1) is 6.54 Å². The largest absolute Gasteiger partial charge is 0.334 e. The van der Waals surface area contributed by atoms with Crippen LogP contribution in [0.3, 0.4) is 0 Å². The van der Waals surface area contributed by atoms with Gasteiger partial charge in [-0.15, -0.1) is 5.10 Å². The van der Waals surface area contributed by atoms with Crippen LogP contribution in [-0.2, 0) is 17.9 Å². The number of carbonyl (C=O) groups is 2. The van der Waals surface area contributed by atoms with E-state index in [1.165, 1.54) is 6.92 Å². The van der Waals surface area contributed by atoms with Crippen molar-refractivity contribution in [3.63, 3.8) is 0 Å². The monoisotopic (exact) mass is 364 g/mol. The molecule has 3 amide bonds. The molecule has 0 fully saturated rings. The minimum atomic E-state index is -0.405. The van der Waals surface area contributed by atoms with Gasteiger partial charge in [-0.3, -0.25) is 10.1 Å². The van der Waals surface area contributed by atoms with Crippen LogP contribution >= 0.6 is 0 Å². The Kier molecular flexibility index (Phi) is 5.78. The topological polar surface area (TPSA) is 101 Å². The lowest BCUT2D eigenvalue weighted by molar-refractivity contribution is -0.114. The number of carbonyl (C=O) groups excluding carboxylic acids is 2. The van der Waals surface area contributed by atoms with Gasteiger partial charge in [0, 0.05) is 19.2 Å². The minimum absolute atomic E-state index is 0.144. The number of amides is 3. The first-order valence-electron chi connectivity index (χ1n) is 8.43. The fourth-order valence-electron chi connectivity index (χ4n) is 2.49. The van der Waals surface area contributed by atoms with Gasteiger partial charge >= 0.3 is 6.03 Å². The van der Waals surface area contributed by atoms with E-state index in [1.54, 1.807) is 23.1 Å². The fraction of sp³-hybridized carbons (Fsp3) is 0.158. The van der Waals surface area contributed by atoms with Crippen molar-refractivity contribution in [3.8, 4) is 0 Å². The molecule has 1 heterocycles. The number of anilines is 2. The lowest BCUT2D eigenvalue weighted by Crippen LogP contribution is -2.28. The van der Waals surface area contributed by atoms with E-state index in [1.807, 2.05) is 42.5 Å². The van der Waals surface area contributed by atoms with Gasteiger partial charge in [-0.2, -0.15) is 0 Å². The first-order valence-corrected chi connectivity index (χ1v) is 8.43. The van der Waals surface area contributed by atoms with Crippen LogP contribution in [0.4, 0.5) is 16.4 Å². The standard InChI is InChI=1S/C19H20N6O2/c1-14(26)22-17-9-5-8-16(10-17)11-20-19(27)23-18-21-13-25(24-18)12-15-6-3-2-4-7-15/h2-10,13H,11-12H2,1H3,(H,22,26)(H2,20,23,24,27). The zero-order valence-corrected chi connectivity index (χ0v) is 14.8. The third-order valence-electron chi connectivity index (χ3n) is 3.65. The summed E-state index contributed by atoms with van der Waals surface area (Å²) in [4.78, 5) is 27.2. The van der Waals surface area contributed by atoms with Crippen LogP contribution in [0.2, 0.25) is 0 Å². The second-order valence-corrected chi connectivity index (χ2v) is 5.94. The van der Waals surface area contributed by atoms with Gasteiger partial charge < -0.3 is 10.6 Å². The van der Waals surface area contributed by atoms with E-state index in [4.69, 9.17) is 0 Å². The molecular formula is C19H20N6O2. The molecule has 0 saturated heterocycles. The molecule has 1 aromatic heterocycles. The lowest BCUT2D eigenvalue weighted by Gasteiger charge is -2.07. The highest BCUT2D eigenvalue weighted by Crippen LogP contribution is 2.10. The Bertz CT molecular complexity index is 923. The van der Waals surface area contributed by atoms with Gasteiger partial charge in [0.25, 0.3) is 0 Å². The first-order chi connectivity index (χ1) is 13.1. The number of rotatable bonds is 6. The van der Waals surface area contributed by atoms with Gasteiger partial charge in [-0.1, -0.05) is 42.5 Å². The SMILES string of the molecule is CC(=O)Nc1cccc(CNC(=O)Nc2ncn(Cc3ccccc3)n2)c1. The average Bonchev–Trinajstić information content (AvgIpc) is 3.07. The zero-order chi connectivity index (χ0) is 19.1. The quantitative estimate of drug-likeness (QED) is 0.626. The van der Waals surface area contributed by atoms with E-state index >= 15 is 0 Å². The Labute approximate surface area is 156 Å². The summed E-state index contributed by atoms with van der Waals surface area (Å²) >= 11 is 0. The molecule has 27 heavy (non-hydrogen) atoms. The van der Waals surface area contributed by atoms with Gasteiger partial charge in [-0.25, -0.2) is 14.5 Å². The summed E-state index contributed by atoms with van der Waals surface area (Å²) in [5.41, 5.74) is 2.64. The summed E-state index contributed by atoms with van der Waals surface area (Å²) < 4.78 is 1.65. The second-order valence-electron chi connectivity index (χ2n) is 5.94. The molecule has 3 aromatic rings. The summed E-state index contributed by atoms with van der Waals surface area (Å²) in [7, 11) is 0. The molecule has 0 unspecified atom stereocenters. The molecule has 0 saturated carbocycles. The first kappa shape index (κ1) is 18.1. The molecule has 0 spiro atoms. The van der Waals surface area contributed by atoms with Crippen LogP contribution < -0.4 is 16.0 Å². The molecule has 0 aliphatic rings. The van der Waals surface area contributed by atoms with Crippen LogP contribution in [-0.4, -0.2) is 26.7 Å². The second kappa shape index (κ2) is 8.61. The normalized spacial score (nSPS) is 10.3. The van der Waals surface area contributed by atoms with E-state index in [9.17, 15) is 9.59 Å². The Hall–Kier alpha value is -3.68. The Morgan fingerprint density at radius 2 is 1.78 bits per heavy atom. The summed E-state index contributed by atoms with van der Waals surface area (Å²) in [6.45, 7) is 2.33. The highest BCUT2D eigenvalue weighted by molar-refractivity contribution is 5.89. The number of nitrogens with zero attached hydrogens (tertiary/aromatic N) is 3. The van der Waals surface area contributed by atoms with Crippen molar-refractivity contribution >= 4 is 23.6 Å². The predicted octanol–water partition coefficient (Wildman–Crippen LogP) is 2.61. The molecule has 8 nitrogen and oxygen atoms in total. The number of urea groups is 1. The molecular weight excluding hydrogens is 344 g/mol. The molecule has 3 N–H and O–H groups in total. The van der Waals surface area contributed by atoms with Crippen molar-refractivity contribution in [2.75, 3.05) is 10.6 Å². The molecule has 0 radical (unpaired) electrons. The van der Waals surface area contributed by atoms with Crippen LogP contribution in [0.25, 0.3) is 0 Å². The summed E-state index contributed by atoms with van der Waals surface area (Å²) in [6, 6.07) is 16.7. The maximum absolute atomic E-state index is 12.0. The van der Waals surface area contributed by atoms with E-state index < -0.39 is 6.03 Å². The van der Waals surface area contributed by atoms with E-state index in [0.717, 1.165) is 11.1 Å². The van der Waals surface area contributed by atoms with Gasteiger partial charge in [0.1, 0.15) is 6.33 Å². The summed E-state index contributed by atoms with van der Waals surface area (Å²) in [6.07, 6.45) is 1.57. The number of nitrogens with one attached hydrogen (secondary N) is 3. The van der Waals surface area contributed by atoms with Gasteiger partial charge in [-0.05, 0) is 23.3 Å². The van der Waals surface area contributed by atoms with Crippen LogP contribution in [0.1, 0.15) is 18.1 Å². The number of aromatic nitrogens is 3. The van der Waals surface area contributed by atoms with Crippen LogP contribution in [0.15, 0.2) is 60.9 Å². The lowest BCUT2D eigenvalue weighted by atomic mass is 10.2. The third kappa shape index (κ3) is 5.67. The minimum Gasteiger partial charge on any atom is -0.334 e. The molecule has 3 rings (SSSR count). The number of hydrogen-bond acceptors (Lipinski definition) is 4. The van der Waals surface area contributed by atoms with E-state index in [-0.39, 0.29) is 11.9 Å². The van der Waals surface area contributed by atoms with Crippen molar-refractivity contribution < 1.29 is 9.59 Å². The maximum atomic E-state index is 12.0. The van der Waals surface area contributed by atoms with E-state index in [2.05, 4.69) is 26.0 Å². The fourth-order valence-corrected chi connectivity index (χ4v) is 2.49. The van der Waals surface area contributed by atoms with Crippen molar-refractivity contribution in [2.45, 2.75) is 20.0 Å². The predicted molar refractivity (Wildman–Crippen MR) is 102 cm³/mol. The average molecular weight is 364 g/mol. The zero-order valence-electron chi connectivity index (χ0n) is 14.8. The van der Waals surface area contributed by atoms with Gasteiger partial charge in [0.15, 0.2) is 0 Å². The molecule has 0 atom stereocenters. The summed E-state index contributed by atoms with van der Waals surface area (Å²) in [5.74, 6) is 0.0884. The van der Waals surface area contributed by atoms with Crippen molar-refractivity contribution in [1.29, 1.82) is 0 Å². The Morgan fingerprint density at radius 3 is 2.56 bits per heavy atom. The molecule has 0 aliphatic carbocycles. The number of benzene rings is 2. The highest BCUT2D eigenvalue weighted by Gasteiger charge is 2.07. The van der Waals surface area contributed by atoms with Crippen molar-refractivity contribution in [2.24, 2.45) is 0 Å². The van der Waals surface area contributed by atoms with Crippen LogP contribution in [0, 0.1) is 0 Å².